The SMILES string of the molecule is Cc1cn(-c2ccccc2Cl)nc1C(=O)N1CCCC(C(C)O)C1. The maximum Gasteiger partial charge on any atom is 0.274 e. The van der Waals surface area contributed by atoms with E-state index in [1.807, 2.05) is 31.3 Å². The Morgan fingerprint density at radius 1 is 1.42 bits per heavy atom. The second kappa shape index (κ2) is 6.95. The number of aryl methyl sites for hydroxylation is 1. The van der Waals surface area contributed by atoms with E-state index in [1.54, 1.807) is 22.6 Å². The molecule has 5 nitrogen and oxygen atoms in total. The fraction of sp³-hybridized carbons (Fsp3) is 0.444. The van der Waals surface area contributed by atoms with Gasteiger partial charge in [-0.05, 0) is 38.8 Å². The first kappa shape index (κ1) is 17.0. The highest BCUT2D eigenvalue weighted by Gasteiger charge is 2.29. The molecule has 0 radical (unpaired) electrons. The topological polar surface area (TPSA) is 58.4 Å². The summed E-state index contributed by atoms with van der Waals surface area (Å²) in [5.41, 5.74) is 2.02. The first-order valence-electron chi connectivity index (χ1n) is 8.26. The molecule has 2 aromatic rings. The summed E-state index contributed by atoms with van der Waals surface area (Å²) in [6, 6.07) is 7.41. The lowest BCUT2D eigenvalue weighted by Gasteiger charge is -2.33. The Hall–Kier alpha value is -1.85. The molecule has 1 aromatic heterocycles. The predicted molar refractivity (Wildman–Crippen MR) is 93.6 cm³/mol. The number of amides is 1. The van der Waals surface area contributed by atoms with Gasteiger partial charge in [0.05, 0.1) is 16.8 Å². The molecular weight excluding hydrogens is 326 g/mol. The molecule has 1 aromatic carbocycles. The summed E-state index contributed by atoms with van der Waals surface area (Å²) in [4.78, 5) is 14.7. The Bertz CT molecular complexity index is 742. The monoisotopic (exact) mass is 347 g/mol. The highest BCUT2D eigenvalue weighted by Crippen LogP contribution is 2.24. The summed E-state index contributed by atoms with van der Waals surface area (Å²) in [6.45, 7) is 4.95. The van der Waals surface area contributed by atoms with Crippen LogP contribution in [0.4, 0.5) is 0 Å². The van der Waals surface area contributed by atoms with Crippen LogP contribution < -0.4 is 0 Å². The fourth-order valence-electron chi connectivity index (χ4n) is 3.17. The number of likely N-dealkylation sites (tertiary alicyclic amines) is 1. The second-order valence-electron chi connectivity index (χ2n) is 6.45. The van der Waals surface area contributed by atoms with Crippen LogP contribution in [-0.2, 0) is 0 Å². The Balaban J connectivity index is 1.85. The van der Waals surface area contributed by atoms with Crippen LogP contribution in [0.25, 0.3) is 5.69 Å². The zero-order valence-electron chi connectivity index (χ0n) is 13.9. The molecule has 3 rings (SSSR count). The molecule has 1 aliphatic rings. The lowest BCUT2D eigenvalue weighted by molar-refractivity contribution is 0.0461. The van der Waals surface area contributed by atoms with Gasteiger partial charge in [-0.3, -0.25) is 4.79 Å². The van der Waals surface area contributed by atoms with Gasteiger partial charge in [0.25, 0.3) is 5.91 Å². The summed E-state index contributed by atoms with van der Waals surface area (Å²) < 4.78 is 1.65. The molecule has 128 valence electrons. The van der Waals surface area contributed by atoms with E-state index in [1.165, 1.54) is 0 Å². The van der Waals surface area contributed by atoms with Crippen molar-refractivity contribution in [3.63, 3.8) is 0 Å². The summed E-state index contributed by atoms with van der Waals surface area (Å²) in [5.74, 6) is 0.0531. The van der Waals surface area contributed by atoms with E-state index in [9.17, 15) is 9.90 Å². The van der Waals surface area contributed by atoms with E-state index in [0.717, 1.165) is 24.1 Å². The molecule has 1 amide bonds. The molecule has 1 saturated heterocycles. The molecule has 1 aliphatic heterocycles. The van der Waals surface area contributed by atoms with Gasteiger partial charge in [0.15, 0.2) is 5.69 Å². The number of aliphatic hydroxyl groups excluding tert-OH is 1. The maximum atomic E-state index is 12.9. The number of hydrogen-bond acceptors (Lipinski definition) is 3. The highest BCUT2D eigenvalue weighted by atomic mass is 35.5. The van der Waals surface area contributed by atoms with Gasteiger partial charge in [-0.1, -0.05) is 23.7 Å². The van der Waals surface area contributed by atoms with Crippen LogP contribution in [0.15, 0.2) is 30.5 Å². The lowest BCUT2D eigenvalue weighted by atomic mass is 9.93. The number of hydrogen-bond donors (Lipinski definition) is 1. The lowest BCUT2D eigenvalue weighted by Crippen LogP contribution is -2.43. The third-order valence-corrected chi connectivity index (χ3v) is 4.95. The number of halogens is 1. The molecule has 2 heterocycles. The summed E-state index contributed by atoms with van der Waals surface area (Å²) in [7, 11) is 0. The number of aromatic nitrogens is 2. The van der Waals surface area contributed by atoms with Gasteiger partial charge in [-0.2, -0.15) is 5.10 Å². The van der Waals surface area contributed by atoms with Crippen LogP contribution in [0.1, 0.15) is 35.8 Å². The van der Waals surface area contributed by atoms with E-state index < -0.39 is 6.10 Å². The van der Waals surface area contributed by atoms with Crippen LogP contribution in [0, 0.1) is 12.8 Å². The zero-order chi connectivity index (χ0) is 17.3. The summed E-state index contributed by atoms with van der Waals surface area (Å²) >= 11 is 6.22. The summed E-state index contributed by atoms with van der Waals surface area (Å²) in [6.07, 6.45) is 3.28. The Morgan fingerprint density at radius 2 is 2.17 bits per heavy atom. The third-order valence-electron chi connectivity index (χ3n) is 4.63. The largest absolute Gasteiger partial charge is 0.393 e. The maximum absolute atomic E-state index is 12.9. The van der Waals surface area contributed by atoms with Gasteiger partial charge >= 0.3 is 0 Å². The fourth-order valence-corrected chi connectivity index (χ4v) is 3.39. The molecule has 0 spiro atoms. The van der Waals surface area contributed by atoms with Crippen molar-refractivity contribution in [3.05, 3.63) is 46.7 Å². The smallest absolute Gasteiger partial charge is 0.274 e. The van der Waals surface area contributed by atoms with Crippen LogP contribution in [0.2, 0.25) is 5.02 Å². The standard InChI is InChI=1S/C18H22ClN3O2/c1-12-10-22(16-8-4-3-7-15(16)19)20-17(12)18(24)21-9-5-6-14(11-21)13(2)23/h3-4,7-8,10,13-14,23H,5-6,9,11H2,1-2H3. The zero-order valence-corrected chi connectivity index (χ0v) is 14.7. The number of para-hydroxylation sites is 1. The van der Waals surface area contributed by atoms with Crippen molar-refractivity contribution in [2.45, 2.75) is 32.8 Å². The number of carbonyl (C=O) groups excluding carboxylic acids is 1. The summed E-state index contributed by atoms with van der Waals surface area (Å²) in [5, 5.41) is 14.9. The minimum atomic E-state index is -0.401. The Kier molecular flexibility index (Phi) is 4.92. The molecule has 0 bridgehead atoms. The number of rotatable bonds is 3. The van der Waals surface area contributed by atoms with E-state index in [2.05, 4.69) is 5.10 Å². The normalized spacial score (nSPS) is 19.3. The number of benzene rings is 1. The molecule has 2 atom stereocenters. The van der Waals surface area contributed by atoms with Crippen LogP contribution in [0.3, 0.4) is 0 Å². The average molecular weight is 348 g/mol. The Labute approximate surface area is 146 Å². The molecule has 0 saturated carbocycles. The van der Waals surface area contributed by atoms with Gasteiger partial charge in [-0.15, -0.1) is 0 Å². The minimum Gasteiger partial charge on any atom is -0.393 e. The van der Waals surface area contributed by atoms with Crippen molar-refractivity contribution in [2.75, 3.05) is 13.1 Å². The van der Waals surface area contributed by atoms with Crippen molar-refractivity contribution in [1.29, 1.82) is 0 Å². The van der Waals surface area contributed by atoms with E-state index in [-0.39, 0.29) is 11.8 Å². The third kappa shape index (κ3) is 3.32. The van der Waals surface area contributed by atoms with Crippen LogP contribution in [0.5, 0.6) is 0 Å². The number of nitrogens with zero attached hydrogens (tertiary/aromatic N) is 3. The van der Waals surface area contributed by atoms with E-state index >= 15 is 0 Å². The van der Waals surface area contributed by atoms with Gasteiger partial charge < -0.3 is 10.0 Å². The Morgan fingerprint density at radius 3 is 2.88 bits per heavy atom. The van der Waals surface area contributed by atoms with E-state index in [4.69, 9.17) is 11.6 Å². The number of aliphatic hydroxyl groups is 1. The molecule has 24 heavy (non-hydrogen) atoms. The van der Waals surface area contributed by atoms with Crippen LogP contribution in [-0.4, -0.2) is 44.9 Å². The van der Waals surface area contributed by atoms with E-state index in [0.29, 0.717) is 23.8 Å². The van der Waals surface area contributed by atoms with Gasteiger partial charge in [0, 0.05) is 30.8 Å². The molecular formula is C18H22ClN3O2. The van der Waals surface area contributed by atoms with Crippen molar-refractivity contribution in [3.8, 4) is 5.69 Å². The quantitative estimate of drug-likeness (QED) is 0.928. The van der Waals surface area contributed by atoms with Crippen LogP contribution >= 0.6 is 11.6 Å². The molecule has 1 fully saturated rings. The molecule has 0 aliphatic carbocycles. The molecule has 1 N–H and O–H groups in total. The van der Waals surface area contributed by atoms with Crippen molar-refractivity contribution >= 4 is 17.5 Å². The van der Waals surface area contributed by atoms with Crippen molar-refractivity contribution < 1.29 is 9.90 Å². The first-order chi connectivity index (χ1) is 11.5. The molecule has 6 heteroatoms. The minimum absolute atomic E-state index is 0.0800. The average Bonchev–Trinajstić information content (AvgIpc) is 2.96. The van der Waals surface area contributed by atoms with Gasteiger partial charge in [0.1, 0.15) is 0 Å². The first-order valence-corrected chi connectivity index (χ1v) is 8.63. The van der Waals surface area contributed by atoms with Crippen molar-refractivity contribution in [1.82, 2.24) is 14.7 Å². The van der Waals surface area contributed by atoms with Crippen molar-refractivity contribution in [2.24, 2.45) is 5.92 Å². The second-order valence-corrected chi connectivity index (χ2v) is 6.86. The van der Waals surface area contributed by atoms with Gasteiger partial charge in [-0.25, -0.2) is 4.68 Å². The number of carbonyl (C=O) groups is 1. The highest BCUT2D eigenvalue weighted by molar-refractivity contribution is 6.32. The molecule has 2 unspecified atom stereocenters. The predicted octanol–water partition coefficient (Wildman–Crippen LogP) is 3.07. The number of piperidine rings is 1. The van der Waals surface area contributed by atoms with Gasteiger partial charge in [0.2, 0.25) is 0 Å².